The first kappa shape index (κ1) is 14.7. The normalized spacial score (nSPS) is 22.0. The van der Waals surface area contributed by atoms with Crippen LogP contribution in [0.25, 0.3) is 0 Å². The Bertz CT molecular complexity index is 505. The molecule has 8 heteroatoms. The van der Waals surface area contributed by atoms with E-state index in [1.165, 1.54) is 11.3 Å². The minimum atomic E-state index is -1.10. The van der Waals surface area contributed by atoms with Crippen LogP contribution in [0.5, 0.6) is 0 Å². The number of nitrogens with one attached hydrogen (secondary N) is 1. The molecule has 1 saturated heterocycles. The fraction of sp³-hybridized carbons (Fsp3) is 0.583. The van der Waals surface area contributed by atoms with Crippen LogP contribution in [0.3, 0.4) is 0 Å². The lowest BCUT2D eigenvalue weighted by atomic mass is 10.2. The van der Waals surface area contributed by atoms with Crippen molar-refractivity contribution < 1.29 is 19.8 Å². The highest BCUT2D eigenvalue weighted by Crippen LogP contribution is 2.18. The number of carboxylic acids is 1. The van der Waals surface area contributed by atoms with Gasteiger partial charge >= 0.3 is 12.0 Å². The van der Waals surface area contributed by atoms with E-state index < -0.39 is 24.1 Å². The number of carbonyl (C=O) groups is 2. The average molecular weight is 299 g/mol. The Hall–Kier alpha value is -1.67. The molecular formula is C12H17N3O4S. The van der Waals surface area contributed by atoms with Gasteiger partial charge < -0.3 is 20.4 Å². The Morgan fingerprint density at radius 2 is 2.35 bits per heavy atom. The zero-order chi connectivity index (χ0) is 14.7. The second-order valence-electron chi connectivity index (χ2n) is 4.63. The number of β-amino-alcohol motifs (C(OH)–C–C–N with tert-alkyl or cyclic N) is 1. The molecule has 0 aromatic carbocycles. The number of likely N-dealkylation sites (tertiary alicyclic amines) is 1. The number of carboxylic acid groups (broad SMARTS) is 1. The number of thiazole rings is 1. The summed E-state index contributed by atoms with van der Waals surface area (Å²) in [5, 5.41) is 21.9. The Morgan fingerprint density at radius 1 is 1.60 bits per heavy atom. The SMILES string of the molecule is CCc1cnc(CNC(=O)N2C[C@@H](O)C[C@H]2C(=O)O)s1. The summed E-state index contributed by atoms with van der Waals surface area (Å²) in [6.07, 6.45) is 1.95. The fourth-order valence-corrected chi connectivity index (χ4v) is 2.92. The molecule has 1 aliphatic rings. The van der Waals surface area contributed by atoms with E-state index in [1.54, 1.807) is 6.20 Å². The van der Waals surface area contributed by atoms with Gasteiger partial charge in [0.05, 0.1) is 12.6 Å². The van der Waals surface area contributed by atoms with E-state index in [9.17, 15) is 14.7 Å². The predicted octanol–water partition coefficient (Wildman–Crippen LogP) is 0.435. The van der Waals surface area contributed by atoms with Crippen molar-refractivity contribution in [3.63, 3.8) is 0 Å². The van der Waals surface area contributed by atoms with Gasteiger partial charge in [0.15, 0.2) is 0 Å². The van der Waals surface area contributed by atoms with Crippen molar-refractivity contribution in [1.82, 2.24) is 15.2 Å². The maximum Gasteiger partial charge on any atom is 0.326 e. The highest BCUT2D eigenvalue weighted by Gasteiger charge is 2.38. The van der Waals surface area contributed by atoms with Crippen LogP contribution in [0.4, 0.5) is 4.79 Å². The quantitative estimate of drug-likeness (QED) is 0.748. The number of aromatic nitrogens is 1. The van der Waals surface area contributed by atoms with Crippen molar-refractivity contribution in [2.75, 3.05) is 6.54 Å². The highest BCUT2D eigenvalue weighted by atomic mass is 32.1. The van der Waals surface area contributed by atoms with Crippen LogP contribution in [-0.4, -0.2) is 50.8 Å². The molecule has 0 saturated carbocycles. The molecule has 0 bridgehead atoms. The van der Waals surface area contributed by atoms with Crippen LogP contribution < -0.4 is 5.32 Å². The van der Waals surface area contributed by atoms with E-state index in [0.29, 0.717) is 0 Å². The smallest absolute Gasteiger partial charge is 0.326 e. The second kappa shape index (κ2) is 6.19. The number of aliphatic hydroxyl groups excluding tert-OH is 1. The van der Waals surface area contributed by atoms with Crippen molar-refractivity contribution >= 4 is 23.3 Å². The molecule has 0 unspecified atom stereocenters. The molecule has 110 valence electrons. The summed E-state index contributed by atoms with van der Waals surface area (Å²) in [7, 11) is 0. The lowest BCUT2D eigenvalue weighted by Crippen LogP contribution is -2.45. The molecule has 3 N–H and O–H groups in total. The fourth-order valence-electron chi connectivity index (χ4n) is 2.12. The van der Waals surface area contributed by atoms with Crippen molar-refractivity contribution in [2.45, 2.75) is 38.5 Å². The van der Waals surface area contributed by atoms with Gasteiger partial charge in [0.2, 0.25) is 0 Å². The lowest BCUT2D eigenvalue weighted by Gasteiger charge is -2.21. The first-order valence-corrected chi connectivity index (χ1v) is 7.21. The van der Waals surface area contributed by atoms with E-state index >= 15 is 0 Å². The van der Waals surface area contributed by atoms with Crippen molar-refractivity contribution in [3.05, 3.63) is 16.1 Å². The van der Waals surface area contributed by atoms with Crippen LogP contribution in [0, 0.1) is 0 Å². The Labute approximate surface area is 120 Å². The van der Waals surface area contributed by atoms with Gasteiger partial charge in [0.25, 0.3) is 0 Å². The minimum absolute atomic E-state index is 0.0425. The number of amides is 2. The third-order valence-electron chi connectivity index (χ3n) is 3.17. The van der Waals surface area contributed by atoms with E-state index in [-0.39, 0.29) is 19.5 Å². The van der Waals surface area contributed by atoms with Crippen molar-refractivity contribution in [3.8, 4) is 0 Å². The first-order chi connectivity index (χ1) is 9.51. The third-order valence-corrected chi connectivity index (χ3v) is 4.31. The summed E-state index contributed by atoms with van der Waals surface area (Å²) in [6.45, 7) is 2.34. The van der Waals surface area contributed by atoms with Crippen molar-refractivity contribution in [1.29, 1.82) is 0 Å². The van der Waals surface area contributed by atoms with Crippen LogP contribution in [0.15, 0.2) is 6.20 Å². The average Bonchev–Trinajstić information content (AvgIpc) is 3.02. The largest absolute Gasteiger partial charge is 0.480 e. The van der Waals surface area contributed by atoms with E-state index in [4.69, 9.17) is 5.11 Å². The monoisotopic (exact) mass is 299 g/mol. The molecule has 0 spiro atoms. The van der Waals surface area contributed by atoms with Crippen LogP contribution in [-0.2, 0) is 17.8 Å². The first-order valence-electron chi connectivity index (χ1n) is 6.40. The number of hydrogen-bond donors (Lipinski definition) is 3. The van der Waals surface area contributed by atoms with Gasteiger partial charge in [-0.05, 0) is 6.42 Å². The summed E-state index contributed by atoms with van der Waals surface area (Å²) in [4.78, 5) is 29.5. The highest BCUT2D eigenvalue weighted by molar-refractivity contribution is 7.11. The molecule has 2 amide bonds. The molecule has 1 aromatic heterocycles. The Morgan fingerprint density at radius 3 is 2.95 bits per heavy atom. The molecule has 0 aliphatic carbocycles. The molecule has 2 atom stereocenters. The molecule has 20 heavy (non-hydrogen) atoms. The van der Waals surface area contributed by atoms with E-state index in [2.05, 4.69) is 10.3 Å². The lowest BCUT2D eigenvalue weighted by molar-refractivity contribution is -0.141. The van der Waals surface area contributed by atoms with Gasteiger partial charge in [-0.1, -0.05) is 6.92 Å². The summed E-state index contributed by atoms with van der Waals surface area (Å²) in [6, 6.07) is -1.45. The molecule has 1 aliphatic heterocycles. The zero-order valence-corrected chi connectivity index (χ0v) is 11.9. The van der Waals surface area contributed by atoms with Gasteiger partial charge in [-0.15, -0.1) is 11.3 Å². The number of aliphatic hydroxyl groups is 1. The molecule has 2 heterocycles. The Kier molecular flexibility index (Phi) is 4.56. The Balaban J connectivity index is 1.92. The number of aryl methyl sites for hydroxylation is 1. The maximum atomic E-state index is 12.0. The summed E-state index contributed by atoms with van der Waals surface area (Å²) >= 11 is 1.51. The standard InChI is InChI=1S/C12H17N3O4S/c1-2-8-4-13-10(20-8)5-14-12(19)15-6-7(16)3-9(15)11(17)18/h4,7,9,16H,2-3,5-6H2,1H3,(H,14,19)(H,17,18)/t7-,9-/m0/s1. The van der Waals surface area contributed by atoms with Gasteiger partial charge in [-0.2, -0.15) is 0 Å². The second-order valence-corrected chi connectivity index (χ2v) is 5.83. The zero-order valence-electron chi connectivity index (χ0n) is 11.1. The molecule has 2 rings (SSSR count). The van der Waals surface area contributed by atoms with Crippen LogP contribution in [0.1, 0.15) is 23.2 Å². The molecule has 0 radical (unpaired) electrons. The van der Waals surface area contributed by atoms with E-state index in [1.807, 2.05) is 6.92 Å². The summed E-state index contributed by atoms with van der Waals surface area (Å²) in [5.41, 5.74) is 0. The number of rotatable bonds is 4. The summed E-state index contributed by atoms with van der Waals surface area (Å²) in [5.74, 6) is -1.10. The number of urea groups is 1. The maximum absolute atomic E-state index is 12.0. The van der Waals surface area contributed by atoms with Gasteiger partial charge in [-0.25, -0.2) is 14.6 Å². The molecule has 1 aromatic rings. The van der Waals surface area contributed by atoms with Crippen LogP contribution in [0.2, 0.25) is 0 Å². The predicted molar refractivity (Wildman–Crippen MR) is 72.5 cm³/mol. The minimum Gasteiger partial charge on any atom is -0.480 e. The number of aliphatic carboxylic acids is 1. The third kappa shape index (κ3) is 3.26. The molecular weight excluding hydrogens is 282 g/mol. The number of hydrogen-bond acceptors (Lipinski definition) is 5. The summed E-state index contributed by atoms with van der Waals surface area (Å²) < 4.78 is 0. The van der Waals surface area contributed by atoms with Crippen LogP contribution >= 0.6 is 11.3 Å². The molecule has 1 fully saturated rings. The molecule has 7 nitrogen and oxygen atoms in total. The van der Waals surface area contributed by atoms with Gasteiger partial charge in [0.1, 0.15) is 11.0 Å². The van der Waals surface area contributed by atoms with E-state index in [0.717, 1.165) is 21.2 Å². The number of nitrogens with zero attached hydrogens (tertiary/aromatic N) is 2. The topological polar surface area (TPSA) is 103 Å². The van der Waals surface area contributed by atoms with Crippen molar-refractivity contribution in [2.24, 2.45) is 0 Å². The number of carbonyl (C=O) groups excluding carboxylic acids is 1. The van der Waals surface area contributed by atoms with Gasteiger partial charge in [0, 0.05) is 24.0 Å². The van der Waals surface area contributed by atoms with Gasteiger partial charge in [-0.3, -0.25) is 0 Å².